The molecule has 0 aliphatic carbocycles. The van der Waals surface area contributed by atoms with Crippen molar-refractivity contribution < 1.29 is 9.18 Å². The van der Waals surface area contributed by atoms with E-state index in [1.165, 1.54) is 6.07 Å². The molecule has 1 fully saturated rings. The number of nitrogens with zero attached hydrogens (tertiary/aromatic N) is 1. The first kappa shape index (κ1) is 17.6. The largest absolute Gasteiger partial charge is 0.334 e. The number of halogens is 1. The molecule has 0 radical (unpaired) electrons. The second-order valence-electron chi connectivity index (χ2n) is 6.93. The predicted octanol–water partition coefficient (Wildman–Crippen LogP) is 3.84. The van der Waals surface area contributed by atoms with Crippen LogP contribution < -0.4 is 5.32 Å². The maximum Gasteiger partial charge on any atom is 0.225 e. The van der Waals surface area contributed by atoms with E-state index in [0.29, 0.717) is 6.54 Å². The Morgan fingerprint density at radius 2 is 2.04 bits per heavy atom. The van der Waals surface area contributed by atoms with E-state index >= 15 is 0 Å². The van der Waals surface area contributed by atoms with Crippen LogP contribution in [0.4, 0.5) is 4.39 Å². The molecule has 1 N–H and O–H groups in total. The van der Waals surface area contributed by atoms with Crippen molar-refractivity contribution >= 4 is 5.91 Å². The first-order valence-electron chi connectivity index (χ1n) is 8.91. The van der Waals surface area contributed by atoms with Crippen molar-refractivity contribution in [3.8, 4) is 11.1 Å². The summed E-state index contributed by atoms with van der Waals surface area (Å²) in [6.07, 6.45) is 0.973. The van der Waals surface area contributed by atoms with Crippen molar-refractivity contribution in [2.24, 2.45) is 5.92 Å². The van der Waals surface area contributed by atoms with Gasteiger partial charge in [-0.25, -0.2) is 4.39 Å². The lowest BCUT2D eigenvalue weighted by Crippen LogP contribution is -2.43. The van der Waals surface area contributed by atoms with E-state index in [2.05, 4.69) is 5.32 Å². The van der Waals surface area contributed by atoms with Gasteiger partial charge in [0.15, 0.2) is 0 Å². The number of nitrogens with one attached hydrogen (secondary N) is 1. The Kier molecular flexibility index (Phi) is 5.49. The van der Waals surface area contributed by atoms with Crippen LogP contribution in [-0.2, 0) is 11.3 Å². The van der Waals surface area contributed by atoms with Gasteiger partial charge >= 0.3 is 0 Å². The number of benzene rings is 2. The van der Waals surface area contributed by atoms with Crippen molar-refractivity contribution in [1.29, 1.82) is 0 Å². The number of amides is 1. The van der Waals surface area contributed by atoms with Crippen LogP contribution in [0.1, 0.15) is 25.8 Å². The second kappa shape index (κ2) is 7.79. The van der Waals surface area contributed by atoms with Gasteiger partial charge in [-0.1, -0.05) is 50.2 Å². The van der Waals surface area contributed by atoms with Crippen LogP contribution in [0.2, 0.25) is 0 Å². The van der Waals surface area contributed by atoms with E-state index in [1.54, 1.807) is 12.1 Å². The molecule has 1 heterocycles. The molecular formula is C21H25FN2O. The monoisotopic (exact) mass is 340 g/mol. The number of carbonyl (C=O) groups is 1. The van der Waals surface area contributed by atoms with Gasteiger partial charge in [-0.05, 0) is 41.8 Å². The Morgan fingerprint density at radius 1 is 1.24 bits per heavy atom. The topological polar surface area (TPSA) is 32.3 Å². The van der Waals surface area contributed by atoms with E-state index in [4.69, 9.17) is 0 Å². The lowest BCUT2D eigenvalue weighted by Gasteiger charge is -2.31. The van der Waals surface area contributed by atoms with Crippen molar-refractivity contribution in [3.05, 3.63) is 59.9 Å². The molecule has 1 atom stereocenters. The lowest BCUT2D eigenvalue weighted by atomic mass is 9.98. The van der Waals surface area contributed by atoms with Crippen LogP contribution in [0.15, 0.2) is 48.5 Å². The standard InChI is InChI=1S/C21H25FN2O/c1-15(2)21(25)24(19-10-11-23-13-19)14-17-6-3-4-9-20(17)16-7-5-8-18(22)12-16/h3-9,12,15,19,23H,10-11,13-14H2,1-2H3/t19-/m1/s1. The van der Waals surface area contributed by atoms with Gasteiger partial charge in [0.25, 0.3) is 0 Å². The number of carbonyl (C=O) groups excluding carboxylic acids is 1. The first-order chi connectivity index (χ1) is 12.1. The fraction of sp³-hybridized carbons (Fsp3) is 0.381. The van der Waals surface area contributed by atoms with Crippen molar-refractivity contribution in [1.82, 2.24) is 10.2 Å². The van der Waals surface area contributed by atoms with E-state index in [0.717, 1.165) is 36.2 Å². The molecular weight excluding hydrogens is 315 g/mol. The molecule has 4 heteroatoms. The summed E-state index contributed by atoms with van der Waals surface area (Å²) in [6, 6.07) is 14.8. The van der Waals surface area contributed by atoms with Crippen LogP contribution in [0.5, 0.6) is 0 Å². The maximum atomic E-state index is 13.7. The molecule has 2 aromatic carbocycles. The van der Waals surface area contributed by atoms with E-state index in [-0.39, 0.29) is 23.7 Å². The quantitative estimate of drug-likeness (QED) is 0.897. The Bertz CT molecular complexity index is 738. The van der Waals surface area contributed by atoms with E-state index < -0.39 is 0 Å². The minimum atomic E-state index is -0.248. The minimum absolute atomic E-state index is 0.0399. The van der Waals surface area contributed by atoms with Crippen LogP contribution in [-0.4, -0.2) is 29.9 Å². The van der Waals surface area contributed by atoms with Crippen molar-refractivity contribution in [2.45, 2.75) is 32.9 Å². The molecule has 3 nitrogen and oxygen atoms in total. The zero-order chi connectivity index (χ0) is 17.8. The highest BCUT2D eigenvalue weighted by Gasteiger charge is 2.28. The van der Waals surface area contributed by atoms with Gasteiger partial charge in [-0.2, -0.15) is 0 Å². The van der Waals surface area contributed by atoms with Crippen LogP contribution in [0, 0.1) is 11.7 Å². The van der Waals surface area contributed by atoms with E-state index in [9.17, 15) is 9.18 Å². The predicted molar refractivity (Wildman–Crippen MR) is 98.5 cm³/mol. The van der Waals surface area contributed by atoms with Crippen LogP contribution in [0.25, 0.3) is 11.1 Å². The second-order valence-corrected chi connectivity index (χ2v) is 6.93. The highest BCUT2D eigenvalue weighted by molar-refractivity contribution is 5.79. The summed E-state index contributed by atoms with van der Waals surface area (Å²) in [4.78, 5) is 14.8. The molecule has 0 saturated carbocycles. The SMILES string of the molecule is CC(C)C(=O)N(Cc1ccccc1-c1cccc(F)c1)[C@@H]1CCNC1. The van der Waals surface area contributed by atoms with Crippen LogP contribution in [0.3, 0.4) is 0 Å². The average molecular weight is 340 g/mol. The normalized spacial score (nSPS) is 17.0. The van der Waals surface area contributed by atoms with Gasteiger partial charge in [-0.3, -0.25) is 4.79 Å². The summed E-state index contributed by atoms with van der Waals surface area (Å²) < 4.78 is 13.7. The summed E-state index contributed by atoms with van der Waals surface area (Å²) in [7, 11) is 0. The smallest absolute Gasteiger partial charge is 0.225 e. The molecule has 0 bridgehead atoms. The summed E-state index contributed by atoms with van der Waals surface area (Å²) in [6.45, 7) is 6.21. The summed E-state index contributed by atoms with van der Waals surface area (Å²) in [5.74, 6) is -0.118. The fourth-order valence-corrected chi connectivity index (χ4v) is 3.40. The lowest BCUT2D eigenvalue weighted by molar-refractivity contribution is -0.137. The third kappa shape index (κ3) is 4.07. The minimum Gasteiger partial charge on any atom is -0.334 e. The molecule has 0 unspecified atom stereocenters. The Hall–Kier alpha value is -2.20. The number of hydrogen-bond acceptors (Lipinski definition) is 2. The van der Waals surface area contributed by atoms with Gasteiger partial charge in [0.05, 0.1) is 0 Å². The summed E-state index contributed by atoms with van der Waals surface area (Å²) in [5, 5.41) is 3.34. The highest BCUT2D eigenvalue weighted by atomic mass is 19.1. The molecule has 0 aromatic heterocycles. The van der Waals surface area contributed by atoms with Gasteiger partial charge in [-0.15, -0.1) is 0 Å². The van der Waals surface area contributed by atoms with Crippen LogP contribution >= 0.6 is 0 Å². The zero-order valence-corrected chi connectivity index (χ0v) is 14.8. The summed E-state index contributed by atoms with van der Waals surface area (Å²) >= 11 is 0. The molecule has 1 amide bonds. The third-order valence-corrected chi connectivity index (χ3v) is 4.75. The zero-order valence-electron chi connectivity index (χ0n) is 14.8. The van der Waals surface area contributed by atoms with Crippen molar-refractivity contribution in [3.63, 3.8) is 0 Å². The molecule has 2 aromatic rings. The third-order valence-electron chi connectivity index (χ3n) is 4.75. The molecule has 1 saturated heterocycles. The first-order valence-corrected chi connectivity index (χ1v) is 8.91. The maximum absolute atomic E-state index is 13.7. The Morgan fingerprint density at radius 3 is 2.72 bits per heavy atom. The fourth-order valence-electron chi connectivity index (χ4n) is 3.40. The molecule has 0 spiro atoms. The molecule has 3 rings (SSSR count). The molecule has 25 heavy (non-hydrogen) atoms. The Labute approximate surface area is 148 Å². The van der Waals surface area contributed by atoms with E-state index in [1.807, 2.05) is 49.1 Å². The van der Waals surface area contributed by atoms with Crippen molar-refractivity contribution in [2.75, 3.05) is 13.1 Å². The highest BCUT2D eigenvalue weighted by Crippen LogP contribution is 2.27. The summed E-state index contributed by atoms with van der Waals surface area (Å²) in [5.41, 5.74) is 2.88. The average Bonchev–Trinajstić information content (AvgIpc) is 3.13. The van der Waals surface area contributed by atoms with Gasteiger partial charge in [0, 0.05) is 25.0 Å². The van der Waals surface area contributed by atoms with Gasteiger partial charge < -0.3 is 10.2 Å². The molecule has 132 valence electrons. The molecule has 1 aliphatic rings. The Balaban J connectivity index is 1.93. The van der Waals surface area contributed by atoms with Gasteiger partial charge in [0.1, 0.15) is 5.82 Å². The molecule has 1 aliphatic heterocycles. The number of rotatable bonds is 5. The van der Waals surface area contributed by atoms with Gasteiger partial charge in [0.2, 0.25) is 5.91 Å². The number of hydrogen-bond donors (Lipinski definition) is 1.